The molecule has 0 aromatic heterocycles. The lowest BCUT2D eigenvalue weighted by atomic mass is 9.84. The van der Waals surface area contributed by atoms with Crippen LogP contribution in [0.15, 0.2) is 18.2 Å². The minimum Gasteiger partial charge on any atom is -0.480 e. The number of halogens is 2. The Labute approximate surface area is 126 Å². The maximum atomic E-state index is 13.9. The Balaban J connectivity index is 1.95. The molecule has 1 amide bonds. The van der Waals surface area contributed by atoms with Gasteiger partial charge < -0.3 is 10.0 Å². The molecule has 1 saturated carbocycles. The predicted octanol–water partition coefficient (Wildman–Crippen LogP) is 2.82. The Morgan fingerprint density at radius 2 is 1.91 bits per heavy atom. The van der Waals surface area contributed by atoms with E-state index in [2.05, 4.69) is 0 Å². The molecule has 0 bridgehead atoms. The van der Waals surface area contributed by atoms with Gasteiger partial charge in [0.15, 0.2) is 0 Å². The van der Waals surface area contributed by atoms with Crippen molar-refractivity contribution in [3.63, 3.8) is 0 Å². The van der Waals surface area contributed by atoms with Gasteiger partial charge in [0, 0.05) is 12.1 Å². The normalized spacial score (nSPS) is 27.5. The highest BCUT2D eigenvalue weighted by Gasteiger charge is 2.48. The van der Waals surface area contributed by atoms with Gasteiger partial charge in [0.1, 0.15) is 17.7 Å². The van der Waals surface area contributed by atoms with Crippen LogP contribution in [-0.4, -0.2) is 34.0 Å². The van der Waals surface area contributed by atoms with E-state index >= 15 is 0 Å². The molecule has 4 nitrogen and oxygen atoms in total. The van der Waals surface area contributed by atoms with Crippen LogP contribution in [0.2, 0.25) is 0 Å². The molecule has 118 valence electrons. The van der Waals surface area contributed by atoms with Crippen LogP contribution in [0.4, 0.5) is 8.78 Å². The minimum atomic E-state index is -1.06. The maximum absolute atomic E-state index is 13.9. The van der Waals surface area contributed by atoms with Crippen molar-refractivity contribution in [2.45, 2.75) is 44.2 Å². The second-order valence-corrected chi connectivity index (χ2v) is 6.04. The van der Waals surface area contributed by atoms with E-state index in [9.17, 15) is 23.5 Å². The van der Waals surface area contributed by atoms with Gasteiger partial charge in [-0.2, -0.15) is 0 Å². The van der Waals surface area contributed by atoms with E-state index in [0.29, 0.717) is 12.5 Å². The molecule has 1 saturated heterocycles. The predicted molar refractivity (Wildman–Crippen MR) is 74.3 cm³/mol. The summed E-state index contributed by atoms with van der Waals surface area (Å²) in [7, 11) is 0. The molecule has 1 aliphatic carbocycles. The summed E-state index contributed by atoms with van der Waals surface area (Å²) in [6, 6.07) is 1.66. The summed E-state index contributed by atoms with van der Waals surface area (Å²) in [4.78, 5) is 25.4. The number of hydrogen-bond acceptors (Lipinski definition) is 2. The number of aliphatic carboxylic acids is 1. The number of carboxylic acid groups (broad SMARTS) is 1. The zero-order valence-electron chi connectivity index (χ0n) is 12.0. The Morgan fingerprint density at radius 3 is 2.59 bits per heavy atom. The maximum Gasteiger partial charge on any atom is 0.326 e. The van der Waals surface area contributed by atoms with Gasteiger partial charge in [-0.25, -0.2) is 13.6 Å². The standard InChI is InChI=1S/C16H17F2NO3/c17-10-5-6-11(12(18)8-10)15(20)19-13-4-2-1-3-9(13)7-14(19)16(21)22/h5-6,8-9,13-14H,1-4,7H2,(H,21,22)/t9-,13+,14-/m0/s1. The molecule has 1 heterocycles. The first-order valence-electron chi connectivity index (χ1n) is 7.49. The van der Waals surface area contributed by atoms with Crippen molar-refractivity contribution >= 4 is 11.9 Å². The Bertz CT molecular complexity index is 619. The van der Waals surface area contributed by atoms with Gasteiger partial charge in [-0.05, 0) is 37.3 Å². The highest BCUT2D eigenvalue weighted by Crippen LogP contribution is 2.40. The number of benzene rings is 1. The summed E-state index contributed by atoms with van der Waals surface area (Å²) in [5, 5.41) is 9.39. The zero-order chi connectivity index (χ0) is 15.9. The van der Waals surface area contributed by atoms with Gasteiger partial charge in [0.05, 0.1) is 5.56 Å². The van der Waals surface area contributed by atoms with Crippen molar-refractivity contribution in [1.29, 1.82) is 0 Å². The second-order valence-electron chi connectivity index (χ2n) is 6.04. The van der Waals surface area contributed by atoms with Crippen molar-refractivity contribution in [2.24, 2.45) is 5.92 Å². The highest BCUT2D eigenvalue weighted by molar-refractivity contribution is 5.97. The average Bonchev–Trinajstić information content (AvgIpc) is 2.86. The number of carboxylic acids is 1. The van der Waals surface area contributed by atoms with Crippen LogP contribution >= 0.6 is 0 Å². The Hall–Kier alpha value is -1.98. The number of fused-ring (bicyclic) bond motifs is 1. The van der Waals surface area contributed by atoms with Crippen LogP contribution in [0.1, 0.15) is 42.5 Å². The molecule has 3 atom stereocenters. The number of carbonyl (C=O) groups is 2. The molecular weight excluding hydrogens is 292 g/mol. The van der Waals surface area contributed by atoms with Crippen molar-refractivity contribution in [3.05, 3.63) is 35.4 Å². The lowest BCUT2D eigenvalue weighted by molar-refractivity contribution is -0.141. The molecule has 0 unspecified atom stereocenters. The van der Waals surface area contributed by atoms with Crippen LogP contribution in [0.5, 0.6) is 0 Å². The molecular formula is C16H17F2NO3. The third-order valence-electron chi connectivity index (χ3n) is 4.77. The molecule has 3 rings (SSSR count). The Morgan fingerprint density at radius 1 is 1.18 bits per heavy atom. The summed E-state index contributed by atoms with van der Waals surface area (Å²) >= 11 is 0. The van der Waals surface area contributed by atoms with E-state index in [1.165, 1.54) is 4.90 Å². The molecule has 1 aromatic rings. The Kier molecular flexibility index (Phi) is 3.85. The minimum absolute atomic E-state index is 0.155. The van der Waals surface area contributed by atoms with Gasteiger partial charge in [-0.1, -0.05) is 12.8 Å². The first-order valence-corrected chi connectivity index (χ1v) is 7.49. The number of hydrogen-bond donors (Lipinski definition) is 1. The molecule has 0 spiro atoms. The second kappa shape index (κ2) is 5.66. The van der Waals surface area contributed by atoms with E-state index in [-0.39, 0.29) is 17.5 Å². The zero-order valence-corrected chi connectivity index (χ0v) is 12.0. The lowest BCUT2D eigenvalue weighted by Crippen LogP contribution is -2.46. The lowest BCUT2D eigenvalue weighted by Gasteiger charge is -2.33. The van der Waals surface area contributed by atoms with E-state index < -0.39 is 29.6 Å². The molecule has 2 fully saturated rings. The quantitative estimate of drug-likeness (QED) is 0.914. The largest absolute Gasteiger partial charge is 0.480 e. The fraction of sp³-hybridized carbons (Fsp3) is 0.500. The van der Waals surface area contributed by atoms with Crippen LogP contribution in [0, 0.1) is 17.6 Å². The fourth-order valence-electron chi connectivity index (χ4n) is 3.77. The highest BCUT2D eigenvalue weighted by atomic mass is 19.1. The first kappa shape index (κ1) is 14.9. The fourth-order valence-corrected chi connectivity index (χ4v) is 3.77. The van der Waals surface area contributed by atoms with Crippen LogP contribution in [0.25, 0.3) is 0 Å². The van der Waals surface area contributed by atoms with Crippen LogP contribution in [-0.2, 0) is 4.79 Å². The number of carbonyl (C=O) groups excluding carboxylic acids is 1. The first-order chi connectivity index (χ1) is 10.5. The molecule has 1 N–H and O–H groups in total. The van der Waals surface area contributed by atoms with E-state index in [1.54, 1.807) is 0 Å². The SMILES string of the molecule is O=C(O)[C@@H]1C[C@@H]2CCCC[C@H]2N1C(=O)c1ccc(F)cc1F. The molecule has 6 heteroatoms. The molecule has 1 aromatic carbocycles. The van der Waals surface area contributed by atoms with Crippen molar-refractivity contribution in [1.82, 2.24) is 4.90 Å². The van der Waals surface area contributed by atoms with E-state index in [1.807, 2.05) is 0 Å². The van der Waals surface area contributed by atoms with Crippen molar-refractivity contribution in [2.75, 3.05) is 0 Å². The third-order valence-corrected chi connectivity index (χ3v) is 4.77. The number of likely N-dealkylation sites (tertiary alicyclic amines) is 1. The van der Waals surface area contributed by atoms with E-state index in [0.717, 1.165) is 37.8 Å². The number of nitrogens with zero attached hydrogens (tertiary/aromatic N) is 1. The van der Waals surface area contributed by atoms with Gasteiger partial charge in [0.25, 0.3) is 5.91 Å². The van der Waals surface area contributed by atoms with Crippen LogP contribution < -0.4 is 0 Å². The monoisotopic (exact) mass is 309 g/mol. The molecule has 0 radical (unpaired) electrons. The summed E-state index contributed by atoms with van der Waals surface area (Å²) in [5.41, 5.74) is -0.265. The van der Waals surface area contributed by atoms with Crippen molar-refractivity contribution < 1.29 is 23.5 Å². The topological polar surface area (TPSA) is 57.6 Å². The number of amides is 1. The summed E-state index contributed by atoms with van der Waals surface area (Å²) in [6.07, 6.45) is 4.01. The molecule has 22 heavy (non-hydrogen) atoms. The smallest absolute Gasteiger partial charge is 0.326 e. The number of rotatable bonds is 2. The summed E-state index contributed by atoms with van der Waals surface area (Å²) in [5.74, 6) is -3.28. The van der Waals surface area contributed by atoms with Gasteiger partial charge in [0.2, 0.25) is 0 Å². The van der Waals surface area contributed by atoms with Crippen molar-refractivity contribution in [3.8, 4) is 0 Å². The van der Waals surface area contributed by atoms with Gasteiger partial charge in [-0.15, -0.1) is 0 Å². The van der Waals surface area contributed by atoms with Gasteiger partial charge >= 0.3 is 5.97 Å². The molecule has 1 aliphatic heterocycles. The van der Waals surface area contributed by atoms with Crippen LogP contribution in [0.3, 0.4) is 0 Å². The molecule has 2 aliphatic rings. The van der Waals surface area contributed by atoms with Gasteiger partial charge in [-0.3, -0.25) is 4.79 Å². The summed E-state index contributed by atoms with van der Waals surface area (Å²) in [6.45, 7) is 0. The third kappa shape index (κ3) is 2.46. The average molecular weight is 309 g/mol. The summed E-state index contributed by atoms with van der Waals surface area (Å²) < 4.78 is 26.9. The van der Waals surface area contributed by atoms with E-state index in [4.69, 9.17) is 0 Å².